The quantitative estimate of drug-likeness (QED) is 0.867. The number of aromatic nitrogens is 1. The predicted molar refractivity (Wildman–Crippen MR) is 62.5 cm³/mol. The molecule has 0 amide bonds. The summed E-state index contributed by atoms with van der Waals surface area (Å²) in [7, 11) is 0. The summed E-state index contributed by atoms with van der Waals surface area (Å²) in [5.41, 5.74) is 6.42. The van der Waals surface area contributed by atoms with Crippen LogP contribution in [-0.2, 0) is 0 Å². The molecule has 0 saturated heterocycles. The number of anilines is 1. The molecule has 0 aliphatic carbocycles. The lowest BCUT2D eigenvalue weighted by Crippen LogP contribution is -1.81. The van der Waals surface area contributed by atoms with Gasteiger partial charge in [-0.1, -0.05) is 11.6 Å². The van der Waals surface area contributed by atoms with Crippen molar-refractivity contribution in [3.8, 4) is 10.6 Å². The molecule has 68 valence electrons. The molecule has 0 bridgehead atoms. The van der Waals surface area contributed by atoms with Crippen LogP contribution in [0.25, 0.3) is 10.6 Å². The number of hydrogen-bond acceptors (Lipinski definition) is 4. The Morgan fingerprint density at radius 1 is 1.38 bits per heavy atom. The van der Waals surface area contributed by atoms with Gasteiger partial charge in [0.25, 0.3) is 0 Å². The van der Waals surface area contributed by atoms with Crippen LogP contribution in [0.15, 0.2) is 15.2 Å². The van der Waals surface area contributed by atoms with Crippen LogP contribution in [0.4, 0.5) is 5.13 Å². The van der Waals surface area contributed by atoms with E-state index < -0.39 is 0 Å². The van der Waals surface area contributed by atoms with Gasteiger partial charge in [0.2, 0.25) is 0 Å². The Morgan fingerprint density at radius 2 is 2.15 bits per heavy atom. The minimum absolute atomic E-state index is 0.575. The molecule has 0 saturated carbocycles. The Labute approximate surface area is 96.5 Å². The molecule has 2 N–H and O–H groups in total. The van der Waals surface area contributed by atoms with E-state index in [1.807, 2.05) is 10.8 Å². The van der Waals surface area contributed by atoms with E-state index >= 15 is 0 Å². The van der Waals surface area contributed by atoms with E-state index in [1.165, 1.54) is 11.3 Å². The number of halogens is 2. The van der Waals surface area contributed by atoms with Gasteiger partial charge in [0.1, 0.15) is 0 Å². The number of rotatable bonds is 1. The minimum Gasteiger partial charge on any atom is -0.375 e. The summed E-state index contributed by atoms with van der Waals surface area (Å²) < 4.78 is 0.893. The maximum absolute atomic E-state index is 5.89. The van der Waals surface area contributed by atoms with Crippen molar-refractivity contribution in [3.05, 3.63) is 20.3 Å². The van der Waals surface area contributed by atoms with Crippen molar-refractivity contribution < 1.29 is 0 Å². The minimum atomic E-state index is 0.575. The van der Waals surface area contributed by atoms with Crippen LogP contribution in [0.5, 0.6) is 0 Å². The third kappa shape index (κ3) is 1.74. The van der Waals surface area contributed by atoms with Crippen LogP contribution in [0.3, 0.4) is 0 Å². The van der Waals surface area contributed by atoms with Crippen LogP contribution in [0, 0.1) is 0 Å². The molecule has 0 radical (unpaired) electrons. The molecule has 2 aromatic heterocycles. The number of nitrogens with zero attached hydrogens (tertiary/aromatic N) is 1. The SMILES string of the molecule is Nc1nc(-c2scc(Cl)c2Br)cs1. The Bertz CT molecular complexity index is 437. The molecule has 0 unspecified atom stereocenters. The fraction of sp³-hybridized carbons (Fsp3) is 0. The highest BCUT2D eigenvalue weighted by molar-refractivity contribution is 9.10. The van der Waals surface area contributed by atoms with E-state index in [2.05, 4.69) is 20.9 Å². The van der Waals surface area contributed by atoms with Gasteiger partial charge in [-0.25, -0.2) is 4.98 Å². The molecule has 0 aromatic carbocycles. The van der Waals surface area contributed by atoms with E-state index in [0.29, 0.717) is 10.2 Å². The third-order valence-electron chi connectivity index (χ3n) is 1.44. The molecular formula is C7H4BrClN2S2. The van der Waals surface area contributed by atoms with Crippen molar-refractivity contribution >= 4 is 55.3 Å². The monoisotopic (exact) mass is 294 g/mol. The summed E-state index contributed by atoms with van der Waals surface area (Å²) >= 11 is 12.3. The van der Waals surface area contributed by atoms with Gasteiger partial charge in [-0.3, -0.25) is 0 Å². The topological polar surface area (TPSA) is 38.9 Å². The van der Waals surface area contributed by atoms with Gasteiger partial charge < -0.3 is 5.73 Å². The summed E-state index contributed by atoms with van der Waals surface area (Å²) in [4.78, 5) is 5.20. The summed E-state index contributed by atoms with van der Waals surface area (Å²) in [6, 6.07) is 0. The van der Waals surface area contributed by atoms with Gasteiger partial charge in [0.05, 0.1) is 20.1 Å². The number of thiazole rings is 1. The average Bonchev–Trinajstić information content (AvgIpc) is 2.62. The maximum atomic E-state index is 5.89. The summed E-state index contributed by atoms with van der Waals surface area (Å²) in [5.74, 6) is 0. The van der Waals surface area contributed by atoms with Gasteiger partial charge in [0.15, 0.2) is 5.13 Å². The van der Waals surface area contributed by atoms with Crippen molar-refractivity contribution in [2.24, 2.45) is 0 Å². The van der Waals surface area contributed by atoms with Crippen molar-refractivity contribution in [1.29, 1.82) is 0 Å². The highest BCUT2D eigenvalue weighted by Gasteiger charge is 2.11. The Balaban J connectivity index is 2.52. The smallest absolute Gasteiger partial charge is 0.180 e. The first-order valence-corrected chi connectivity index (χ1v) is 6.25. The number of nitrogens with two attached hydrogens (primary N) is 1. The Morgan fingerprint density at radius 3 is 2.62 bits per heavy atom. The first-order valence-electron chi connectivity index (χ1n) is 3.32. The normalized spacial score (nSPS) is 10.6. The fourth-order valence-electron chi connectivity index (χ4n) is 0.887. The standard InChI is InChI=1S/C7H4BrClN2S2/c8-5-3(9)1-12-6(5)4-2-13-7(10)11-4/h1-2H,(H2,10,11). The van der Waals surface area contributed by atoms with Gasteiger partial charge in [-0.05, 0) is 15.9 Å². The predicted octanol–water partition coefficient (Wildman–Crippen LogP) is 3.87. The zero-order valence-corrected chi connectivity index (χ0v) is 10.2. The first-order chi connectivity index (χ1) is 6.18. The zero-order valence-electron chi connectivity index (χ0n) is 6.25. The fourth-order valence-corrected chi connectivity index (χ4v) is 3.33. The van der Waals surface area contributed by atoms with Crippen LogP contribution in [-0.4, -0.2) is 4.98 Å². The summed E-state index contributed by atoms with van der Waals surface area (Å²) in [6.45, 7) is 0. The average molecular weight is 296 g/mol. The summed E-state index contributed by atoms with van der Waals surface area (Å²) in [5, 5.41) is 5.08. The van der Waals surface area contributed by atoms with Crippen LogP contribution < -0.4 is 5.73 Å². The van der Waals surface area contributed by atoms with E-state index in [1.54, 1.807) is 11.3 Å². The van der Waals surface area contributed by atoms with Crippen molar-refractivity contribution in [3.63, 3.8) is 0 Å². The molecule has 13 heavy (non-hydrogen) atoms. The maximum Gasteiger partial charge on any atom is 0.180 e. The second kappa shape index (κ2) is 3.57. The number of thiophene rings is 1. The lowest BCUT2D eigenvalue weighted by atomic mass is 10.4. The van der Waals surface area contributed by atoms with Crippen molar-refractivity contribution in [1.82, 2.24) is 4.98 Å². The second-order valence-corrected chi connectivity index (χ2v) is 5.27. The van der Waals surface area contributed by atoms with Gasteiger partial charge in [0, 0.05) is 10.8 Å². The number of hydrogen-bond donors (Lipinski definition) is 1. The van der Waals surface area contributed by atoms with Crippen LogP contribution >= 0.6 is 50.2 Å². The summed E-state index contributed by atoms with van der Waals surface area (Å²) in [6.07, 6.45) is 0. The van der Waals surface area contributed by atoms with Crippen LogP contribution in [0.2, 0.25) is 5.02 Å². The Hall–Kier alpha value is -0.100. The molecule has 0 aliphatic heterocycles. The number of nitrogen functional groups attached to an aromatic ring is 1. The van der Waals surface area contributed by atoms with Crippen molar-refractivity contribution in [2.75, 3.05) is 5.73 Å². The molecule has 0 fully saturated rings. The largest absolute Gasteiger partial charge is 0.375 e. The van der Waals surface area contributed by atoms with Gasteiger partial charge in [-0.15, -0.1) is 22.7 Å². The molecule has 2 aromatic rings. The third-order valence-corrected chi connectivity index (χ3v) is 4.86. The Kier molecular flexibility index (Phi) is 2.60. The molecule has 2 rings (SSSR count). The lowest BCUT2D eigenvalue weighted by molar-refractivity contribution is 1.43. The van der Waals surface area contributed by atoms with Crippen molar-refractivity contribution in [2.45, 2.75) is 0 Å². The molecule has 0 aliphatic rings. The van der Waals surface area contributed by atoms with E-state index in [-0.39, 0.29) is 0 Å². The lowest BCUT2D eigenvalue weighted by Gasteiger charge is -1.91. The highest BCUT2D eigenvalue weighted by atomic mass is 79.9. The van der Waals surface area contributed by atoms with E-state index in [9.17, 15) is 0 Å². The van der Waals surface area contributed by atoms with E-state index in [0.717, 1.165) is 15.0 Å². The molecule has 2 heterocycles. The molecule has 0 atom stereocenters. The van der Waals surface area contributed by atoms with Gasteiger partial charge in [-0.2, -0.15) is 0 Å². The second-order valence-electron chi connectivity index (χ2n) is 2.30. The van der Waals surface area contributed by atoms with E-state index in [4.69, 9.17) is 17.3 Å². The van der Waals surface area contributed by atoms with Gasteiger partial charge >= 0.3 is 0 Å². The molecular weight excluding hydrogens is 292 g/mol. The molecule has 2 nitrogen and oxygen atoms in total. The highest BCUT2D eigenvalue weighted by Crippen LogP contribution is 2.39. The molecule has 0 spiro atoms. The first kappa shape index (κ1) is 9.45. The zero-order chi connectivity index (χ0) is 9.42. The van der Waals surface area contributed by atoms with Crippen LogP contribution in [0.1, 0.15) is 0 Å². The molecule has 6 heteroatoms.